The van der Waals surface area contributed by atoms with E-state index in [2.05, 4.69) is 0 Å². The van der Waals surface area contributed by atoms with E-state index in [1.54, 1.807) is 18.2 Å². The van der Waals surface area contributed by atoms with Crippen molar-refractivity contribution >= 4 is 28.1 Å². The summed E-state index contributed by atoms with van der Waals surface area (Å²) in [6.45, 7) is 8.00. The summed E-state index contributed by atoms with van der Waals surface area (Å²) < 4.78 is 18.8. The number of anilines is 1. The summed E-state index contributed by atoms with van der Waals surface area (Å²) in [5, 5.41) is 0.455. The zero-order valence-electron chi connectivity index (χ0n) is 11.7. The van der Waals surface area contributed by atoms with Gasteiger partial charge in [0, 0.05) is 10.7 Å². The predicted molar refractivity (Wildman–Crippen MR) is 79.9 cm³/mol. The van der Waals surface area contributed by atoms with Crippen molar-refractivity contribution in [1.29, 1.82) is 0 Å². The van der Waals surface area contributed by atoms with E-state index in [9.17, 15) is 4.21 Å². The first kappa shape index (κ1) is 14.8. The second kappa shape index (κ2) is 4.76. The second-order valence-electron chi connectivity index (χ2n) is 6.14. The Bertz CT molecular complexity index is 528. The number of rotatable bonds is 2. The van der Waals surface area contributed by atoms with E-state index in [1.165, 1.54) is 0 Å². The Kier molecular flexibility index (Phi) is 3.71. The topological polar surface area (TPSA) is 52.3 Å². The number of hydrogen-bond acceptors (Lipinski definition) is 3. The van der Waals surface area contributed by atoms with Gasteiger partial charge in [0.1, 0.15) is 0 Å². The van der Waals surface area contributed by atoms with Gasteiger partial charge in [0.15, 0.2) is 0 Å². The third-order valence-electron chi connectivity index (χ3n) is 3.44. The van der Waals surface area contributed by atoms with Crippen LogP contribution in [0.25, 0.3) is 0 Å². The van der Waals surface area contributed by atoms with Gasteiger partial charge in [0.05, 0.1) is 32.1 Å². The monoisotopic (exact) mass is 301 g/mol. The number of hydrogen-bond donors (Lipinski definition) is 1. The molecule has 2 atom stereocenters. The highest BCUT2D eigenvalue weighted by Gasteiger charge is 2.49. The summed E-state index contributed by atoms with van der Waals surface area (Å²) in [6.07, 6.45) is 0.735. The highest BCUT2D eigenvalue weighted by Crippen LogP contribution is 2.42. The molecule has 19 heavy (non-hydrogen) atoms. The van der Waals surface area contributed by atoms with Crippen molar-refractivity contribution in [2.45, 2.75) is 55.5 Å². The van der Waals surface area contributed by atoms with Gasteiger partial charge < -0.3 is 10.5 Å². The largest absolute Gasteiger partial charge is 0.398 e. The fourth-order valence-electron chi connectivity index (χ4n) is 2.68. The summed E-state index contributed by atoms with van der Waals surface area (Å²) >= 11 is 5.97. The summed E-state index contributed by atoms with van der Waals surface area (Å²) in [5.41, 5.74) is 5.73. The molecule has 0 aromatic heterocycles. The van der Waals surface area contributed by atoms with Gasteiger partial charge in [0.2, 0.25) is 0 Å². The average Bonchev–Trinajstić information content (AvgIpc) is 2.49. The highest BCUT2D eigenvalue weighted by atomic mass is 35.5. The molecule has 0 radical (unpaired) electrons. The SMILES string of the molecule is CC1(C)CC(S(=O)c2cc(Cl)ccc2N)C(C)(C)O1. The van der Waals surface area contributed by atoms with E-state index in [0.29, 0.717) is 15.6 Å². The molecule has 2 rings (SSSR count). The molecule has 0 aliphatic carbocycles. The molecule has 1 heterocycles. The lowest BCUT2D eigenvalue weighted by atomic mass is 10.0. The Balaban J connectivity index is 2.37. The van der Waals surface area contributed by atoms with Crippen LogP contribution in [-0.2, 0) is 15.5 Å². The summed E-state index contributed by atoms with van der Waals surface area (Å²) in [5.74, 6) is 0. The van der Waals surface area contributed by atoms with Crippen LogP contribution in [0.4, 0.5) is 5.69 Å². The molecular formula is C14H20ClNO2S. The molecule has 1 aromatic rings. The molecule has 0 amide bonds. The van der Waals surface area contributed by atoms with Gasteiger partial charge in [-0.1, -0.05) is 11.6 Å². The first-order valence-electron chi connectivity index (χ1n) is 6.28. The van der Waals surface area contributed by atoms with Crippen LogP contribution in [0.3, 0.4) is 0 Å². The van der Waals surface area contributed by atoms with Crippen LogP contribution in [0.1, 0.15) is 34.1 Å². The van der Waals surface area contributed by atoms with Gasteiger partial charge in [-0.15, -0.1) is 0 Å². The lowest BCUT2D eigenvalue weighted by Crippen LogP contribution is -2.36. The lowest BCUT2D eigenvalue weighted by molar-refractivity contribution is -0.0633. The van der Waals surface area contributed by atoms with Crippen LogP contribution in [-0.4, -0.2) is 20.7 Å². The minimum absolute atomic E-state index is 0.0942. The molecule has 1 aromatic carbocycles. The van der Waals surface area contributed by atoms with Gasteiger partial charge in [-0.3, -0.25) is 4.21 Å². The van der Waals surface area contributed by atoms with E-state index < -0.39 is 16.4 Å². The van der Waals surface area contributed by atoms with E-state index in [0.717, 1.165) is 6.42 Å². The van der Waals surface area contributed by atoms with E-state index in [4.69, 9.17) is 22.1 Å². The Morgan fingerprint density at radius 3 is 2.53 bits per heavy atom. The molecule has 2 unspecified atom stereocenters. The Morgan fingerprint density at radius 2 is 2.00 bits per heavy atom. The first-order chi connectivity index (χ1) is 8.62. The molecule has 0 bridgehead atoms. The van der Waals surface area contributed by atoms with Crippen LogP contribution >= 0.6 is 11.6 Å². The molecule has 1 aliphatic rings. The van der Waals surface area contributed by atoms with Crippen LogP contribution in [0.5, 0.6) is 0 Å². The van der Waals surface area contributed by atoms with Crippen molar-refractivity contribution in [2.24, 2.45) is 0 Å². The minimum Gasteiger partial charge on any atom is -0.398 e. The molecule has 1 saturated heterocycles. The van der Waals surface area contributed by atoms with Gasteiger partial charge in [0.25, 0.3) is 0 Å². The summed E-state index contributed by atoms with van der Waals surface area (Å²) in [6, 6.07) is 5.09. The zero-order valence-corrected chi connectivity index (χ0v) is 13.3. The van der Waals surface area contributed by atoms with Crippen LogP contribution in [0, 0.1) is 0 Å². The Morgan fingerprint density at radius 1 is 1.37 bits per heavy atom. The van der Waals surface area contributed by atoms with Crippen LogP contribution in [0.15, 0.2) is 23.1 Å². The first-order valence-corrected chi connectivity index (χ1v) is 7.87. The molecule has 0 spiro atoms. The van der Waals surface area contributed by atoms with Crippen molar-refractivity contribution < 1.29 is 8.95 Å². The molecule has 5 heteroatoms. The fraction of sp³-hybridized carbons (Fsp3) is 0.571. The summed E-state index contributed by atoms with van der Waals surface area (Å²) in [7, 11) is -1.23. The quantitative estimate of drug-likeness (QED) is 0.852. The number of halogens is 1. The highest BCUT2D eigenvalue weighted by molar-refractivity contribution is 7.86. The molecule has 2 N–H and O–H groups in total. The zero-order chi connectivity index (χ0) is 14.4. The predicted octanol–water partition coefficient (Wildman–Crippen LogP) is 3.38. The third-order valence-corrected chi connectivity index (χ3v) is 5.72. The molecule has 0 saturated carbocycles. The normalized spacial score (nSPS) is 26.3. The van der Waals surface area contributed by atoms with Gasteiger partial charge in [-0.25, -0.2) is 0 Å². The number of benzene rings is 1. The third kappa shape index (κ3) is 2.96. The van der Waals surface area contributed by atoms with Crippen molar-refractivity contribution in [3.05, 3.63) is 23.2 Å². The molecule has 3 nitrogen and oxygen atoms in total. The van der Waals surface area contributed by atoms with Crippen LogP contribution < -0.4 is 5.73 Å². The smallest absolute Gasteiger partial charge is 0.0781 e. The lowest BCUT2D eigenvalue weighted by Gasteiger charge is -2.27. The van der Waals surface area contributed by atoms with E-state index in [-0.39, 0.29) is 10.9 Å². The number of nitrogens with two attached hydrogens (primary N) is 1. The average molecular weight is 302 g/mol. The van der Waals surface area contributed by atoms with Gasteiger partial charge in [-0.05, 0) is 52.3 Å². The van der Waals surface area contributed by atoms with Gasteiger partial charge in [-0.2, -0.15) is 0 Å². The molecule has 106 valence electrons. The van der Waals surface area contributed by atoms with E-state index >= 15 is 0 Å². The Hall–Kier alpha value is -0.580. The maximum atomic E-state index is 12.8. The molecule has 1 aliphatic heterocycles. The minimum atomic E-state index is -1.23. The standard InChI is InChI=1S/C14H20ClNO2S/c1-13(2)8-12(14(3,4)18-13)19(17)11-7-9(15)5-6-10(11)16/h5-7,12H,8,16H2,1-4H3. The Labute approximate surface area is 121 Å². The number of ether oxygens (including phenoxy) is 1. The van der Waals surface area contributed by atoms with Crippen molar-refractivity contribution in [3.63, 3.8) is 0 Å². The van der Waals surface area contributed by atoms with E-state index in [1.807, 2.05) is 27.7 Å². The van der Waals surface area contributed by atoms with Crippen molar-refractivity contribution in [3.8, 4) is 0 Å². The summed E-state index contributed by atoms with van der Waals surface area (Å²) in [4.78, 5) is 0.604. The number of nitrogen functional groups attached to an aromatic ring is 1. The van der Waals surface area contributed by atoms with Crippen LogP contribution in [0.2, 0.25) is 5.02 Å². The van der Waals surface area contributed by atoms with Gasteiger partial charge >= 0.3 is 0 Å². The molecule has 1 fully saturated rings. The second-order valence-corrected chi connectivity index (χ2v) is 8.18. The van der Waals surface area contributed by atoms with Crippen molar-refractivity contribution in [2.75, 3.05) is 5.73 Å². The van der Waals surface area contributed by atoms with Crippen molar-refractivity contribution in [1.82, 2.24) is 0 Å². The maximum Gasteiger partial charge on any atom is 0.0781 e. The fourth-order valence-corrected chi connectivity index (χ4v) is 4.88. The molecular weight excluding hydrogens is 282 g/mol. The maximum absolute atomic E-state index is 12.8.